The summed E-state index contributed by atoms with van der Waals surface area (Å²) in [6, 6.07) is 10.2. The van der Waals surface area contributed by atoms with Crippen molar-refractivity contribution in [1.82, 2.24) is 15.1 Å². The second-order valence-electron chi connectivity index (χ2n) is 6.04. The molecule has 24 heavy (non-hydrogen) atoms. The van der Waals surface area contributed by atoms with E-state index in [0.717, 1.165) is 0 Å². The van der Waals surface area contributed by atoms with Gasteiger partial charge in [0.1, 0.15) is 5.69 Å². The van der Waals surface area contributed by atoms with Gasteiger partial charge in [-0.1, -0.05) is 18.2 Å². The predicted octanol–water partition coefficient (Wildman–Crippen LogP) is 1.54. The maximum Gasteiger partial charge on any atom is 0.306 e. The van der Waals surface area contributed by atoms with Crippen LogP contribution in [-0.2, 0) is 4.79 Å². The lowest BCUT2D eigenvalue weighted by Gasteiger charge is -2.26. The summed E-state index contributed by atoms with van der Waals surface area (Å²) in [5.74, 6) is -1.44. The van der Waals surface area contributed by atoms with Crippen molar-refractivity contribution in [1.29, 1.82) is 0 Å². The molecule has 1 amide bonds. The molecular weight excluding hydrogens is 310 g/mol. The number of carboxylic acid groups (broad SMARTS) is 1. The second kappa shape index (κ2) is 6.74. The van der Waals surface area contributed by atoms with E-state index in [1.807, 2.05) is 18.2 Å². The molecule has 126 valence electrons. The van der Waals surface area contributed by atoms with Crippen molar-refractivity contribution in [2.24, 2.45) is 5.92 Å². The van der Waals surface area contributed by atoms with E-state index in [2.05, 4.69) is 10.4 Å². The summed E-state index contributed by atoms with van der Waals surface area (Å²) < 4.78 is 1.32. The minimum absolute atomic E-state index is 0.0586. The van der Waals surface area contributed by atoms with Crippen LogP contribution in [0.2, 0.25) is 0 Å². The van der Waals surface area contributed by atoms with E-state index < -0.39 is 5.97 Å². The van der Waals surface area contributed by atoms with E-state index in [1.165, 1.54) is 10.7 Å². The number of nitrogens with zero attached hydrogens (tertiary/aromatic N) is 1. The van der Waals surface area contributed by atoms with Gasteiger partial charge in [0, 0.05) is 12.1 Å². The summed E-state index contributed by atoms with van der Waals surface area (Å²) >= 11 is 0. The van der Waals surface area contributed by atoms with Gasteiger partial charge >= 0.3 is 5.97 Å². The van der Waals surface area contributed by atoms with Gasteiger partial charge in [-0.15, -0.1) is 0 Å². The molecule has 0 radical (unpaired) electrons. The molecule has 1 aromatic heterocycles. The standard InChI is InChI=1S/C17H19N3O4/c21-15-10-14(19-20(15)13-4-2-1-3-5-13)16(22)18-12-8-6-11(7-9-12)17(23)24/h1-5,10-12,19H,6-9H2,(H,18,22)(H,23,24). The molecule has 1 aliphatic rings. The van der Waals surface area contributed by atoms with E-state index in [-0.39, 0.29) is 29.1 Å². The van der Waals surface area contributed by atoms with Crippen LogP contribution in [0.1, 0.15) is 36.2 Å². The molecule has 1 heterocycles. The molecule has 1 aromatic carbocycles. The third-order valence-electron chi connectivity index (χ3n) is 4.39. The largest absolute Gasteiger partial charge is 0.481 e. The van der Waals surface area contributed by atoms with Crippen LogP contribution in [0, 0.1) is 5.92 Å². The van der Waals surface area contributed by atoms with Crippen molar-refractivity contribution in [3.05, 3.63) is 52.4 Å². The molecular formula is C17H19N3O4. The molecule has 3 rings (SSSR count). The van der Waals surface area contributed by atoms with E-state index in [1.54, 1.807) is 12.1 Å². The summed E-state index contributed by atoms with van der Waals surface area (Å²) in [5.41, 5.74) is 0.550. The first kappa shape index (κ1) is 16.0. The number of aromatic nitrogens is 2. The normalized spacial score (nSPS) is 20.5. The fourth-order valence-electron chi connectivity index (χ4n) is 3.03. The zero-order valence-corrected chi connectivity index (χ0v) is 13.1. The first-order valence-corrected chi connectivity index (χ1v) is 7.96. The molecule has 0 atom stereocenters. The Hall–Kier alpha value is -2.83. The Bertz CT molecular complexity index is 786. The Morgan fingerprint density at radius 3 is 2.42 bits per heavy atom. The molecule has 1 fully saturated rings. The number of carboxylic acids is 1. The van der Waals surface area contributed by atoms with Gasteiger partial charge in [0.25, 0.3) is 11.5 Å². The molecule has 0 spiro atoms. The van der Waals surface area contributed by atoms with Gasteiger partial charge < -0.3 is 10.4 Å². The summed E-state index contributed by atoms with van der Waals surface area (Å²) in [4.78, 5) is 35.3. The molecule has 0 unspecified atom stereocenters. The number of aromatic amines is 1. The third kappa shape index (κ3) is 3.40. The van der Waals surface area contributed by atoms with E-state index >= 15 is 0 Å². The quantitative estimate of drug-likeness (QED) is 0.791. The predicted molar refractivity (Wildman–Crippen MR) is 87.2 cm³/mol. The Labute approximate surface area is 138 Å². The average Bonchev–Trinajstić information content (AvgIpc) is 2.98. The van der Waals surface area contributed by atoms with Gasteiger partial charge in [0.15, 0.2) is 0 Å². The number of hydrogen-bond donors (Lipinski definition) is 3. The number of rotatable bonds is 4. The molecule has 1 saturated carbocycles. The van der Waals surface area contributed by atoms with Gasteiger partial charge in [-0.25, -0.2) is 4.68 Å². The van der Waals surface area contributed by atoms with Crippen molar-refractivity contribution in [2.75, 3.05) is 0 Å². The van der Waals surface area contributed by atoms with Crippen molar-refractivity contribution < 1.29 is 14.7 Å². The number of benzene rings is 1. The summed E-state index contributed by atoms with van der Waals surface area (Å²) in [6.07, 6.45) is 2.38. The molecule has 3 N–H and O–H groups in total. The maximum atomic E-state index is 12.3. The van der Waals surface area contributed by atoms with Crippen LogP contribution < -0.4 is 10.9 Å². The lowest BCUT2D eigenvalue weighted by molar-refractivity contribution is -0.142. The second-order valence-corrected chi connectivity index (χ2v) is 6.04. The molecule has 0 aliphatic heterocycles. The highest BCUT2D eigenvalue weighted by Gasteiger charge is 2.27. The molecule has 2 aromatic rings. The monoisotopic (exact) mass is 329 g/mol. The zero-order valence-electron chi connectivity index (χ0n) is 13.1. The number of hydrogen-bond acceptors (Lipinski definition) is 3. The summed E-state index contributed by atoms with van der Waals surface area (Å²) in [7, 11) is 0. The Balaban J connectivity index is 1.66. The first-order chi connectivity index (χ1) is 11.5. The number of aliphatic carboxylic acids is 1. The van der Waals surface area contributed by atoms with Crippen LogP contribution in [0.5, 0.6) is 0 Å². The van der Waals surface area contributed by atoms with Gasteiger partial charge in [0.2, 0.25) is 0 Å². The molecule has 0 saturated heterocycles. The third-order valence-corrected chi connectivity index (χ3v) is 4.39. The summed E-state index contributed by atoms with van der Waals surface area (Å²) in [5, 5.41) is 14.7. The zero-order chi connectivity index (χ0) is 17.1. The van der Waals surface area contributed by atoms with Crippen molar-refractivity contribution in [3.63, 3.8) is 0 Å². The van der Waals surface area contributed by atoms with Crippen LogP contribution in [0.15, 0.2) is 41.2 Å². The minimum Gasteiger partial charge on any atom is -0.481 e. The van der Waals surface area contributed by atoms with Crippen molar-refractivity contribution >= 4 is 11.9 Å². The summed E-state index contributed by atoms with van der Waals surface area (Å²) in [6.45, 7) is 0. The number of carbonyl (C=O) groups excluding carboxylic acids is 1. The first-order valence-electron chi connectivity index (χ1n) is 7.96. The molecule has 0 bridgehead atoms. The minimum atomic E-state index is -0.774. The van der Waals surface area contributed by atoms with Crippen LogP contribution in [0.3, 0.4) is 0 Å². The maximum absolute atomic E-state index is 12.3. The Morgan fingerprint density at radius 2 is 1.79 bits per heavy atom. The van der Waals surface area contributed by atoms with Crippen molar-refractivity contribution in [3.8, 4) is 5.69 Å². The van der Waals surface area contributed by atoms with Gasteiger partial charge in [-0.2, -0.15) is 0 Å². The van der Waals surface area contributed by atoms with Crippen LogP contribution in [0.25, 0.3) is 5.69 Å². The fraction of sp³-hybridized carbons (Fsp3) is 0.353. The van der Waals surface area contributed by atoms with Crippen molar-refractivity contribution in [2.45, 2.75) is 31.7 Å². The highest BCUT2D eigenvalue weighted by molar-refractivity contribution is 5.92. The number of amides is 1. The van der Waals surface area contributed by atoms with Crippen LogP contribution in [-0.4, -0.2) is 32.8 Å². The Kier molecular flexibility index (Phi) is 4.50. The molecule has 7 heteroatoms. The van der Waals surface area contributed by atoms with E-state index in [0.29, 0.717) is 31.4 Å². The lowest BCUT2D eigenvalue weighted by Crippen LogP contribution is -2.38. The van der Waals surface area contributed by atoms with Gasteiger partial charge in [-0.05, 0) is 37.8 Å². The lowest BCUT2D eigenvalue weighted by atomic mass is 9.86. The SMILES string of the molecule is O=C(NC1CCC(C(=O)O)CC1)c1cc(=O)n(-c2ccccc2)[nH]1. The van der Waals surface area contributed by atoms with Crippen LogP contribution in [0.4, 0.5) is 0 Å². The number of nitrogens with one attached hydrogen (secondary N) is 2. The van der Waals surface area contributed by atoms with Crippen LogP contribution >= 0.6 is 0 Å². The average molecular weight is 329 g/mol. The molecule has 1 aliphatic carbocycles. The smallest absolute Gasteiger partial charge is 0.306 e. The Morgan fingerprint density at radius 1 is 1.12 bits per heavy atom. The fourth-order valence-corrected chi connectivity index (χ4v) is 3.03. The molecule has 7 nitrogen and oxygen atoms in total. The van der Waals surface area contributed by atoms with E-state index in [9.17, 15) is 14.4 Å². The topological polar surface area (TPSA) is 104 Å². The highest BCUT2D eigenvalue weighted by Crippen LogP contribution is 2.24. The number of H-pyrrole nitrogens is 1. The van der Waals surface area contributed by atoms with Gasteiger partial charge in [-0.3, -0.25) is 19.5 Å². The number of para-hydroxylation sites is 1. The van der Waals surface area contributed by atoms with E-state index in [4.69, 9.17) is 5.11 Å². The number of carbonyl (C=O) groups is 2. The van der Waals surface area contributed by atoms with Gasteiger partial charge in [0.05, 0.1) is 11.6 Å². The highest BCUT2D eigenvalue weighted by atomic mass is 16.4.